The van der Waals surface area contributed by atoms with Crippen molar-refractivity contribution in [2.45, 2.75) is 0 Å². The smallest absolute Gasteiger partial charge is 0.164 e. The number of nitrogens with zero attached hydrogens (tertiary/aromatic N) is 5. The maximum Gasteiger partial charge on any atom is 0.164 e. The molecule has 0 radical (unpaired) electrons. The lowest BCUT2D eigenvalue weighted by Crippen LogP contribution is -2.00. The van der Waals surface area contributed by atoms with Crippen molar-refractivity contribution >= 4 is 43.6 Å². The molecule has 0 aliphatic rings. The van der Waals surface area contributed by atoms with Crippen LogP contribution in [0.15, 0.2) is 200 Å². The van der Waals surface area contributed by atoms with Gasteiger partial charge in [0.15, 0.2) is 17.5 Å². The van der Waals surface area contributed by atoms with Gasteiger partial charge >= 0.3 is 0 Å². The van der Waals surface area contributed by atoms with E-state index >= 15 is 0 Å². The Balaban J connectivity index is 1.09. The highest BCUT2D eigenvalue weighted by Crippen LogP contribution is 2.40. The summed E-state index contributed by atoms with van der Waals surface area (Å²) in [7, 11) is 0. The largest absolute Gasteiger partial charge is 0.309 e. The molecule has 5 heteroatoms. The van der Waals surface area contributed by atoms with Crippen molar-refractivity contribution < 1.29 is 0 Å². The average molecular weight is 716 g/mol. The van der Waals surface area contributed by atoms with Gasteiger partial charge in [-0.25, -0.2) is 15.0 Å². The van der Waals surface area contributed by atoms with E-state index in [1.807, 2.05) is 60.7 Å². The molecular weight excluding hydrogens is 683 g/mol. The molecule has 3 aromatic heterocycles. The summed E-state index contributed by atoms with van der Waals surface area (Å²) in [6.45, 7) is 0. The number of benzene rings is 8. The third-order valence-electron chi connectivity index (χ3n) is 10.8. The van der Waals surface area contributed by atoms with Crippen molar-refractivity contribution in [3.63, 3.8) is 0 Å². The molecule has 262 valence electrons. The Labute approximate surface area is 323 Å². The highest BCUT2D eigenvalue weighted by atomic mass is 15.0. The molecule has 0 unspecified atom stereocenters. The van der Waals surface area contributed by atoms with Crippen LogP contribution in [0.4, 0.5) is 0 Å². The molecule has 11 aromatic rings. The van der Waals surface area contributed by atoms with E-state index in [2.05, 4.69) is 149 Å². The summed E-state index contributed by atoms with van der Waals surface area (Å²) in [4.78, 5) is 14.8. The minimum Gasteiger partial charge on any atom is -0.309 e. The van der Waals surface area contributed by atoms with Crippen LogP contribution in [-0.4, -0.2) is 24.1 Å². The summed E-state index contributed by atoms with van der Waals surface area (Å²) in [6, 6.07) is 70.5. The molecule has 0 bridgehead atoms. The fourth-order valence-corrected chi connectivity index (χ4v) is 8.14. The van der Waals surface area contributed by atoms with Gasteiger partial charge in [0.05, 0.1) is 22.1 Å². The molecule has 0 saturated heterocycles. The third-order valence-corrected chi connectivity index (χ3v) is 10.8. The van der Waals surface area contributed by atoms with E-state index in [9.17, 15) is 0 Å². The quantitative estimate of drug-likeness (QED) is 0.172. The van der Waals surface area contributed by atoms with Gasteiger partial charge in [-0.1, -0.05) is 140 Å². The fraction of sp³-hybridized carbons (Fsp3) is 0. The Morgan fingerprint density at radius 1 is 0.250 bits per heavy atom. The Morgan fingerprint density at radius 2 is 0.679 bits per heavy atom. The molecule has 0 atom stereocenters. The molecule has 56 heavy (non-hydrogen) atoms. The minimum absolute atomic E-state index is 0.635. The van der Waals surface area contributed by atoms with Crippen LogP contribution in [0.3, 0.4) is 0 Å². The van der Waals surface area contributed by atoms with Gasteiger partial charge in [-0.2, -0.15) is 0 Å². The van der Waals surface area contributed by atoms with E-state index in [-0.39, 0.29) is 0 Å². The van der Waals surface area contributed by atoms with Crippen LogP contribution >= 0.6 is 0 Å². The topological polar surface area (TPSA) is 48.5 Å². The van der Waals surface area contributed by atoms with Gasteiger partial charge in [0.1, 0.15) is 0 Å². The van der Waals surface area contributed by atoms with Crippen LogP contribution in [0, 0.1) is 0 Å². The zero-order valence-corrected chi connectivity index (χ0v) is 30.3. The van der Waals surface area contributed by atoms with Crippen LogP contribution in [-0.2, 0) is 0 Å². The summed E-state index contributed by atoms with van der Waals surface area (Å²) in [5.41, 5.74) is 12.1. The zero-order valence-electron chi connectivity index (χ0n) is 30.3. The molecule has 0 spiro atoms. The van der Waals surface area contributed by atoms with Crippen molar-refractivity contribution in [2.75, 3.05) is 0 Å². The molecule has 8 aromatic carbocycles. The zero-order chi connectivity index (χ0) is 37.0. The number of aromatic nitrogens is 5. The van der Waals surface area contributed by atoms with Gasteiger partial charge < -0.3 is 9.13 Å². The first-order chi connectivity index (χ1) is 27.8. The van der Waals surface area contributed by atoms with Crippen molar-refractivity contribution in [1.29, 1.82) is 0 Å². The van der Waals surface area contributed by atoms with Crippen LogP contribution in [0.2, 0.25) is 0 Å². The molecule has 0 N–H and O–H groups in total. The minimum atomic E-state index is 0.635. The van der Waals surface area contributed by atoms with E-state index in [1.165, 1.54) is 38.2 Å². The first kappa shape index (κ1) is 31.9. The molecule has 0 amide bonds. The summed E-state index contributed by atoms with van der Waals surface area (Å²) in [5, 5.41) is 4.90. The Morgan fingerprint density at radius 3 is 1.21 bits per heavy atom. The van der Waals surface area contributed by atoms with E-state index in [0.717, 1.165) is 44.6 Å². The van der Waals surface area contributed by atoms with Gasteiger partial charge in [-0.15, -0.1) is 0 Å². The standard InChI is InChI=1S/C51H33N5/c1-4-15-34(16-5-1)38-21-14-22-40(31-38)56-46-26-13-11-24-42(46)44-32-43-41-23-10-12-25-45(41)55(47(43)33-48(44)56)39-29-27-37(28-30-39)51-53-49(35-17-6-2-7-18-35)52-50(54-51)36-19-8-3-9-20-36/h1-33H. The van der Waals surface area contributed by atoms with E-state index in [4.69, 9.17) is 15.0 Å². The van der Waals surface area contributed by atoms with Gasteiger partial charge in [0, 0.05) is 49.6 Å². The second-order valence-electron chi connectivity index (χ2n) is 14.1. The van der Waals surface area contributed by atoms with Crippen LogP contribution in [0.5, 0.6) is 0 Å². The number of hydrogen-bond acceptors (Lipinski definition) is 3. The van der Waals surface area contributed by atoms with Gasteiger partial charge in [0.25, 0.3) is 0 Å². The lowest BCUT2D eigenvalue weighted by molar-refractivity contribution is 1.07. The van der Waals surface area contributed by atoms with E-state index in [1.54, 1.807) is 0 Å². The van der Waals surface area contributed by atoms with Crippen molar-refractivity contribution in [2.24, 2.45) is 0 Å². The van der Waals surface area contributed by atoms with Gasteiger partial charge in [-0.3, -0.25) is 0 Å². The van der Waals surface area contributed by atoms with Crippen LogP contribution < -0.4 is 0 Å². The van der Waals surface area contributed by atoms with Crippen LogP contribution in [0.25, 0.3) is 100 Å². The second-order valence-corrected chi connectivity index (χ2v) is 14.1. The molecule has 11 rings (SSSR count). The van der Waals surface area contributed by atoms with Gasteiger partial charge in [0.2, 0.25) is 0 Å². The Hall–Kier alpha value is -7.63. The summed E-state index contributed by atoms with van der Waals surface area (Å²) < 4.78 is 4.80. The summed E-state index contributed by atoms with van der Waals surface area (Å²) >= 11 is 0. The summed E-state index contributed by atoms with van der Waals surface area (Å²) in [5.74, 6) is 1.93. The third kappa shape index (κ3) is 5.29. The monoisotopic (exact) mass is 715 g/mol. The maximum atomic E-state index is 4.98. The summed E-state index contributed by atoms with van der Waals surface area (Å²) in [6.07, 6.45) is 0. The Kier molecular flexibility index (Phi) is 7.42. The number of fused-ring (bicyclic) bond motifs is 6. The normalized spacial score (nSPS) is 11.6. The number of rotatable bonds is 6. The molecule has 0 fully saturated rings. The lowest BCUT2D eigenvalue weighted by atomic mass is 10.1. The second kappa shape index (κ2) is 13.0. The molecular formula is C51H33N5. The predicted molar refractivity (Wildman–Crippen MR) is 230 cm³/mol. The molecule has 0 aliphatic heterocycles. The SMILES string of the molecule is c1ccc(-c2cccc(-n3c4ccccc4c4cc5c6ccccc6n(-c6ccc(-c7nc(-c8ccccc8)nc(-c8ccccc8)n7)cc6)c5cc43)c2)cc1. The highest BCUT2D eigenvalue weighted by molar-refractivity contribution is 6.19. The molecule has 5 nitrogen and oxygen atoms in total. The molecule has 0 saturated carbocycles. The first-order valence-electron chi connectivity index (χ1n) is 18.9. The van der Waals surface area contributed by atoms with Crippen molar-refractivity contribution in [3.8, 4) is 56.7 Å². The van der Waals surface area contributed by atoms with Crippen molar-refractivity contribution in [1.82, 2.24) is 24.1 Å². The number of para-hydroxylation sites is 2. The maximum absolute atomic E-state index is 4.98. The van der Waals surface area contributed by atoms with E-state index < -0.39 is 0 Å². The Bertz CT molecular complexity index is 3160. The highest BCUT2D eigenvalue weighted by Gasteiger charge is 2.19. The molecule has 3 heterocycles. The number of hydrogen-bond donors (Lipinski definition) is 0. The molecule has 0 aliphatic carbocycles. The lowest BCUT2D eigenvalue weighted by Gasteiger charge is -2.12. The van der Waals surface area contributed by atoms with E-state index in [0.29, 0.717) is 17.5 Å². The predicted octanol–water partition coefficient (Wildman–Crippen LogP) is 12.7. The van der Waals surface area contributed by atoms with Crippen LogP contribution in [0.1, 0.15) is 0 Å². The van der Waals surface area contributed by atoms with Crippen molar-refractivity contribution in [3.05, 3.63) is 200 Å². The van der Waals surface area contributed by atoms with Gasteiger partial charge in [-0.05, 0) is 71.8 Å². The fourth-order valence-electron chi connectivity index (χ4n) is 8.14. The first-order valence-corrected chi connectivity index (χ1v) is 18.9. The average Bonchev–Trinajstić information content (AvgIpc) is 3.78.